The highest BCUT2D eigenvalue weighted by molar-refractivity contribution is 5.94. The lowest BCUT2D eigenvalue weighted by Gasteiger charge is -2.02. The lowest BCUT2D eigenvalue weighted by Crippen LogP contribution is -2.23. The summed E-state index contributed by atoms with van der Waals surface area (Å²) in [6.45, 7) is 1.60. The van der Waals surface area contributed by atoms with Crippen LogP contribution in [0.25, 0.3) is 0 Å². The highest BCUT2D eigenvalue weighted by atomic mass is 19.1. The van der Waals surface area contributed by atoms with Gasteiger partial charge in [-0.15, -0.1) is 0 Å². The molecule has 9 heteroatoms. The van der Waals surface area contributed by atoms with Crippen LogP contribution in [0.1, 0.15) is 22.1 Å². The molecule has 0 aliphatic carbocycles. The van der Waals surface area contributed by atoms with Crippen molar-refractivity contribution in [1.82, 2.24) is 15.5 Å². The van der Waals surface area contributed by atoms with Crippen LogP contribution in [0.5, 0.6) is 0 Å². The maximum Gasteiger partial charge on any atom is 0.305 e. The summed E-state index contributed by atoms with van der Waals surface area (Å²) in [5, 5.41) is 16.6. The lowest BCUT2D eigenvalue weighted by molar-refractivity contribution is -0.387. The molecule has 0 spiro atoms. The molecule has 0 saturated carbocycles. The summed E-state index contributed by atoms with van der Waals surface area (Å²) in [5.41, 5.74) is -0.786. The maximum absolute atomic E-state index is 13.1. The fraction of sp³-hybridized carbons (Fsp3) is 0.182. The number of hydrogen-bond donors (Lipinski definition) is 1. The molecule has 0 radical (unpaired) electrons. The van der Waals surface area contributed by atoms with E-state index >= 15 is 0 Å². The third-order valence-corrected chi connectivity index (χ3v) is 2.38. The first-order valence-corrected chi connectivity index (χ1v) is 5.48. The van der Waals surface area contributed by atoms with Crippen LogP contribution in [0, 0.1) is 22.9 Å². The maximum atomic E-state index is 13.1. The molecule has 0 bridgehead atoms. The summed E-state index contributed by atoms with van der Waals surface area (Å²) in [5.74, 6) is -0.977. The number of nitro groups is 1. The van der Waals surface area contributed by atoms with Crippen LogP contribution in [0.4, 0.5) is 10.1 Å². The van der Waals surface area contributed by atoms with E-state index in [4.69, 9.17) is 4.52 Å². The van der Waals surface area contributed by atoms with Crippen LogP contribution < -0.4 is 5.32 Å². The Hall–Kier alpha value is -2.84. The smallest absolute Gasteiger partial charge is 0.305 e. The molecule has 0 saturated heterocycles. The van der Waals surface area contributed by atoms with E-state index in [2.05, 4.69) is 15.5 Å². The van der Waals surface area contributed by atoms with Crippen LogP contribution in [-0.4, -0.2) is 21.0 Å². The molecule has 2 aromatic rings. The molecule has 1 aromatic carbocycles. The first-order valence-electron chi connectivity index (χ1n) is 5.48. The number of nitrogens with zero attached hydrogens (tertiary/aromatic N) is 3. The molecule has 0 aliphatic rings. The topological polar surface area (TPSA) is 111 Å². The van der Waals surface area contributed by atoms with E-state index < -0.39 is 22.3 Å². The van der Waals surface area contributed by atoms with E-state index in [1.165, 1.54) is 0 Å². The number of hydrogen-bond acceptors (Lipinski definition) is 6. The van der Waals surface area contributed by atoms with E-state index in [1.807, 2.05) is 0 Å². The molecular formula is C11H9FN4O4. The number of benzene rings is 1. The normalized spacial score (nSPS) is 10.3. The second kappa shape index (κ2) is 5.43. The fourth-order valence-electron chi connectivity index (χ4n) is 1.47. The molecular weight excluding hydrogens is 271 g/mol. The van der Waals surface area contributed by atoms with Crippen molar-refractivity contribution in [3.05, 3.63) is 51.4 Å². The zero-order valence-electron chi connectivity index (χ0n) is 10.3. The molecule has 1 heterocycles. The van der Waals surface area contributed by atoms with Crippen molar-refractivity contribution >= 4 is 11.6 Å². The van der Waals surface area contributed by atoms with Crippen molar-refractivity contribution in [2.75, 3.05) is 0 Å². The van der Waals surface area contributed by atoms with Gasteiger partial charge in [0.25, 0.3) is 5.91 Å². The Balaban J connectivity index is 2.09. The highest BCUT2D eigenvalue weighted by Crippen LogP contribution is 2.18. The zero-order chi connectivity index (χ0) is 14.7. The van der Waals surface area contributed by atoms with E-state index in [-0.39, 0.29) is 17.9 Å². The summed E-state index contributed by atoms with van der Waals surface area (Å²) in [7, 11) is 0. The number of nitro benzene ring substituents is 1. The molecule has 104 valence electrons. The number of carbonyl (C=O) groups excluding carboxylic acids is 1. The summed E-state index contributed by atoms with van der Waals surface area (Å²) in [4.78, 5) is 25.3. The summed E-state index contributed by atoms with van der Waals surface area (Å²) in [6.07, 6.45) is 0. The van der Waals surface area contributed by atoms with Crippen LogP contribution in [-0.2, 0) is 6.54 Å². The molecule has 0 aliphatic heterocycles. The van der Waals surface area contributed by atoms with Crippen LogP contribution in [0.3, 0.4) is 0 Å². The lowest BCUT2D eigenvalue weighted by atomic mass is 10.2. The van der Waals surface area contributed by atoms with Crippen LogP contribution >= 0.6 is 0 Å². The summed E-state index contributed by atoms with van der Waals surface area (Å²) < 4.78 is 17.8. The quantitative estimate of drug-likeness (QED) is 0.668. The van der Waals surface area contributed by atoms with Crippen molar-refractivity contribution < 1.29 is 18.6 Å². The number of aryl methyl sites for hydroxylation is 1. The van der Waals surface area contributed by atoms with Gasteiger partial charge in [-0.3, -0.25) is 14.9 Å². The van der Waals surface area contributed by atoms with Gasteiger partial charge in [-0.25, -0.2) is 0 Å². The van der Waals surface area contributed by atoms with Gasteiger partial charge in [-0.05, 0) is 12.1 Å². The second-order valence-electron chi connectivity index (χ2n) is 3.84. The van der Waals surface area contributed by atoms with Crippen LogP contribution in [0.2, 0.25) is 0 Å². The van der Waals surface area contributed by atoms with E-state index in [1.54, 1.807) is 6.92 Å². The third kappa shape index (κ3) is 2.94. The van der Waals surface area contributed by atoms with Gasteiger partial charge in [0.2, 0.25) is 11.7 Å². The Kier molecular flexibility index (Phi) is 3.69. The minimum atomic E-state index is -1.000. The van der Waals surface area contributed by atoms with E-state index in [0.29, 0.717) is 5.89 Å². The van der Waals surface area contributed by atoms with Gasteiger partial charge in [0, 0.05) is 18.6 Å². The number of rotatable bonds is 4. The molecule has 20 heavy (non-hydrogen) atoms. The largest absolute Gasteiger partial charge is 0.345 e. The average molecular weight is 280 g/mol. The van der Waals surface area contributed by atoms with Gasteiger partial charge >= 0.3 is 5.69 Å². The molecule has 2 rings (SSSR count). The van der Waals surface area contributed by atoms with E-state index in [9.17, 15) is 19.3 Å². The molecule has 0 unspecified atom stereocenters. The van der Waals surface area contributed by atoms with E-state index in [0.717, 1.165) is 18.2 Å². The zero-order valence-corrected chi connectivity index (χ0v) is 10.3. The monoisotopic (exact) mass is 280 g/mol. The minimum absolute atomic E-state index is 0.00134. The number of amides is 1. The van der Waals surface area contributed by atoms with Crippen molar-refractivity contribution in [1.29, 1.82) is 0 Å². The molecule has 0 fully saturated rings. The van der Waals surface area contributed by atoms with Crippen LogP contribution in [0.15, 0.2) is 22.7 Å². The molecule has 1 amide bonds. The third-order valence-electron chi connectivity index (χ3n) is 2.38. The van der Waals surface area contributed by atoms with Gasteiger partial charge in [-0.1, -0.05) is 5.16 Å². The first kappa shape index (κ1) is 13.6. The van der Waals surface area contributed by atoms with Crippen molar-refractivity contribution in [2.45, 2.75) is 13.5 Å². The average Bonchev–Trinajstić information content (AvgIpc) is 2.82. The SMILES string of the molecule is Cc1nc(CNC(=O)c2ccc(F)c([N+](=O)[O-])c2)no1. The summed E-state index contributed by atoms with van der Waals surface area (Å²) in [6, 6.07) is 2.89. The minimum Gasteiger partial charge on any atom is -0.345 e. The summed E-state index contributed by atoms with van der Waals surface area (Å²) >= 11 is 0. The second-order valence-corrected chi connectivity index (χ2v) is 3.84. The standard InChI is InChI=1S/C11H9FN4O4/c1-6-14-10(15-20-6)5-13-11(17)7-2-3-8(12)9(4-7)16(18)19/h2-4H,5H2,1H3,(H,13,17). The highest BCUT2D eigenvalue weighted by Gasteiger charge is 2.17. The first-order chi connectivity index (χ1) is 9.47. The number of halogens is 1. The number of aromatic nitrogens is 2. The van der Waals surface area contributed by atoms with Crippen molar-refractivity contribution in [3.8, 4) is 0 Å². The Labute approximate surface area is 111 Å². The molecule has 1 N–H and O–H groups in total. The van der Waals surface area contributed by atoms with Gasteiger partial charge in [0.15, 0.2) is 5.82 Å². The molecule has 1 aromatic heterocycles. The predicted octanol–water partition coefficient (Wildman–Crippen LogP) is 1.36. The Bertz CT molecular complexity index is 670. The predicted molar refractivity (Wildman–Crippen MR) is 63.3 cm³/mol. The molecule has 8 nitrogen and oxygen atoms in total. The van der Waals surface area contributed by atoms with Crippen molar-refractivity contribution in [3.63, 3.8) is 0 Å². The number of carbonyl (C=O) groups is 1. The Morgan fingerprint density at radius 3 is 2.90 bits per heavy atom. The van der Waals surface area contributed by atoms with Gasteiger partial charge in [-0.2, -0.15) is 9.37 Å². The van der Waals surface area contributed by atoms with Crippen molar-refractivity contribution in [2.24, 2.45) is 0 Å². The Morgan fingerprint density at radius 1 is 1.55 bits per heavy atom. The fourth-order valence-corrected chi connectivity index (χ4v) is 1.47. The number of nitrogens with one attached hydrogen (secondary N) is 1. The van der Waals surface area contributed by atoms with Gasteiger partial charge < -0.3 is 9.84 Å². The Morgan fingerprint density at radius 2 is 2.30 bits per heavy atom. The van der Waals surface area contributed by atoms with Gasteiger partial charge in [0.1, 0.15) is 0 Å². The molecule has 0 atom stereocenters. The van der Waals surface area contributed by atoms with Gasteiger partial charge in [0.05, 0.1) is 11.5 Å².